The van der Waals surface area contributed by atoms with E-state index in [0.29, 0.717) is 31.1 Å². The fourth-order valence-electron chi connectivity index (χ4n) is 1.52. The van der Waals surface area contributed by atoms with E-state index in [-0.39, 0.29) is 18.3 Å². The highest BCUT2D eigenvalue weighted by molar-refractivity contribution is 7.15. The summed E-state index contributed by atoms with van der Waals surface area (Å²) in [7, 11) is 0. The van der Waals surface area contributed by atoms with Gasteiger partial charge >= 0.3 is 0 Å². The number of nitrogens with zero attached hydrogens (tertiary/aromatic N) is 1. The monoisotopic (exact) mass is 277 g/mol. The SMILES string of the molecule is Cl.NCCCC(=O)Nc1nc2c(s1)COCC2. The molecule has 17 heavy (non-hydrogen) atoms. The highest BCUT2D eigenvalue weighted by Crippen LogP contribution is 2.26. The maximum Gasteiger partial charge on any atom is 0.226 e. The van der Waals surface area contributed by atoms with Gasteiger partial charge in [0.25, 0.3) is 0 Å². The molecule has 2 heterocycles. The van der Waals surface area contributed by atoms with E-state index in [4.69, 9.17) is 10.5 Å². The van der Waals surface area contributed by atoms with Crippen LogP contribution in [0.3, 0.4) is 0 Å². The van der Waals surface area contributed by atoms with Crippen LogP contribution in [0.1, 0.15) is 23.4 Å². The number of halogens is 1. The molecule has 0 atom stereocenters. The van der Waals surface area contributed by atoms with E-state index < -0.39 is 0 Å². The van der Waals surface area contributed by atoms with Crippen molar-refractivity contribution in [2.75, 3.05) is 18.5 Å². The molecule has 1 aromatic rings. The fraction of sp³-hybridized carbons (Fsp3) is 0.600. The van der Waals surface area contributed by atoms with Crippen molar-refractivity contribution >= 4 is 34.8 Å². The summed E-state index contributed by atoms with van der Waals surface area (Å²) >= 11 is 1.50. The van der Waals surface area contributed by atoms with Crippen molar-refractivity contribution in [1.29, 1.82) is 0 Å². The molecule has 0 aliphatic carbocycles. The number of ether oxygens (including phenoxy) is 1. The summed E-state index contributed by atoms with van der Waals surface area (Å²) in [5, 5.41) is 3.47. The topological polar surface area (TPSA) is 77.2 Å². The van der Waals surface area contributed by atoms with Crippen molar-refractivity contribution in [3.63, 3.8) is 0 Å². The average molecular weight is 278 g/mol. The van der Waals surface area contributed by atoms with Gasteiger partial charge in [-0.15, -0.1) is 12.4 Å². The molecule has 0 bridgehead atoms. The highest BCUT2D eigenvalue weighted by atomic mass is 35.5. The largest absolute Gasteiger partial charge is 0.375 e. The molecule has 0 saturated heterocycles. The van der Waals surface area contributed by atoms with E-state index in [2.05, 4.69) is 10.3 Å². The smallest absolute Gasteiger partial charge is 0.226 e. The summed E-state index contributed by atoms with van der Waals surface area (Å²) in [6.45, 7) is 1.87. The number of anilines is 1. The molecular formula is C10H16ClN3O2S. The van der Waals surface area contributed by atoms with E-state index in [1.807, 2.05) is 0 Å². The zero-order chi connectivity index (χ0) is 11.4. The minimum Gasteiger partial charge on any atom is -0.375 e. The third-order valence-electron chi connectivity index (χ3n) is 2.35. The number of carbonyl (C=O) groups is 1. The Morgan fingerprint density at radius 1 is 1.59 bits per heavy atom. The first-order chi connectivity index (χ1) is 7.79. The number of carbonyl (C=O) groups excluding carboxylic acids is 1. The summed E-state index contributed by atoms with van der Waals surface area (Å²) in [5.74, 6) is -0.0162. The molecule has 0 fully saturated rings. The number of fused-ring (bicyclic) bond motifs is 1. The van der Waals surface area contributed by atoms with Gasteiger partial charge in [-0.3, -0.25) is 4.79 Å². The molecular weight excluding hydrogens is 262 g/mol. The molecule has 0 spiro atoms. The van der Waals surface area contributed by atoms with Crippen LogP contribution in [-0.4, -0.2) is 24.0 Å². The fourth-order valence-corrected chi connectivity index (χ4v) is 2.48. The number of hydrogen-bond acceptors (Lipinski definition) is 5. The summed E-state index contributed by atoms with van der Waals surface area (Å²) in [5.41, 5.74) is 6.40. The second-order valence-electron chi connectivity index (χ2n) is 3.63. The van der Waals surface area contributed by atoms with Gasteiger partial charge in [0, 0.05) is 12.8 Å². The molecule has 2 rings (SSSR count). The Hall–Kier alpha value is -0.690. The number of nitrogens with one attached hydrogen (secondary N) is 1. The molecule has 96 valence electrons. The van der Waals surface area contributed by atoms with Crippen molar-refractivity contribution in [2.45, 2.75) is 25.9 Å². The van der Waals surface area contributed by atoms with Gasteiger partial charge in [-0.2, -0.15) is 0 Å². The zero-order valence-corrected chi connectivity index (χ0v) is 11.0. The number of rotatable bonds is 4. The van der Waals surface area contributed by atoms with Gasteiger partial charge in [-0.25, -0.2) is 4.98 Å². The molecule has 1 amide bonds. The van der Waals surface area contributed by atoms with Crippen molar-refractivity contribution in [3.05, 3.63) is 10.6 Å². The predicted octanol–water partition coefficient (Wildman–Crippen LogP) is 1.31. The van der Waals surface area contributed by atoms with Crippen molar-refractivity contribution in [3.8, 4) is 0 Å². The lowest BCUT2D eigenvalue weighted by Crippen LogP contribution is -2.13. The normalized spacial score (nSPS) is 13.7. The summed E-state index contributed by atoms with van der Waals surface area (Å²) in [4.78, 5) is 17.0. The Labute approximate surface area is 110 Å². The molecule has 3 N–H and O–H groups in total. The summed E-state index contributed by atoms with van der Waals surface area (Å²) < 4.78 is 5.32. The predicted molar refractivity (Wildman–Crippen MR) is 69.6 cm³/mol. The van der Waals surface area contributed by atoms with Crippen LogP contribution >= 0.6 is 23.7 Å². The Bertz CT molecular complexity index is 360. The third kappa shape index (κ3) is 3.92. The van der Waals surface area contributed by atoms with Crippen LogP contribution in [0.5, 0.6) is 0 Å². The Balaban J connectivity index is 0.00000144. The minimum absolute atomic E-state index is 0. The van der Waals surface area contributed by atoms with E-state index >= 15 is 0 Å². The Morgan fingerprint density at radius 2 is 2.41 bits per heavy atom. The Morgan fingerprint density at radius 3 is 3.12 bits per heavy atom. The van der Waals surface area contributed by atoms with Crippen LogP contribution in [0.25, 0.3) is 0 Å². The van der Waals surface area contributed by atoms with Crippen LogP contribution in [-0.2, 0) is 22.6 Å². The standard InChI is InChI=1S/C10H15N3O2S.ClH/c11-4-1-2-9(14)13-10-12-7-3-5-15-6-8(7)16-10;/h1-6,11H2,(H,12,13,14);1H. The minimum atomic E-state index is -0.0162. The van der Waals surface area contributed by atoms with Gasteiger partial charge in [0.15, 0.2) is 5.13 Å². The van der Waals surface area contributed by atoms with Gasteiger partial charge < -0.3 is 15.8 Å². The van der Waals surface area contributed by atoms with Gasteiger partial charge in [0.05, 0.1) is 23.8 Å². The first-order valence-corrected chi connectivity index (χ1v) is 6.17. The van der Waals surface area contributed by atoms with E-state index in [9.17, 15) is 4.79 Å². The summed E-state index contributed by atoms with van der Waals surface area (Å²) in [6, 6.07) is 0. The second kappa shape index (κ2) is 6.90. The molecule has 1 aromatic heterocycles. The van der Waals surface area contributed by atoms with Gasteiger partial charge in [0.2, 0.25) is 5.91 Å². The highest BCUT2D eigenvalue weighted by Gasteiger charge is 2.16. The molecule has 0 unspecified atom stereocenters. The molecule has 0 saturated carbocycles. The number of thiazole rings is 1. The number of aromatic nitrogens is 1. The lowest BCUT2D eigenvalue weighted by Gasteiger charge is -2.08. The molecule has 0 radical (unpaired) electrons. The van der Waals surface area contributed by atoms with E-state index in [0.717, 1.165) is 23.6 Å². The lowest BCUT2D eigenvalue weighted by molar-refractivity contribution is -0.116. The molecule has 0 aromatic carbocycles. The maximum atomic E-state index is 11.5. The van der Waals surface area contributed by atoms with Gasteiger partial charge in [-0.1, -0.05) is 11.3 Å². The van der Waals surface area contributed by atoms with Gasteiger partial charge in [0.1, 0.15) is 0 Å². The van der Waals surface area contributed by atoms with Crippen LogP contribution in [0.2, 0.25) is 0 Å². The number of nitrogens with two attached hydrogens (primary N) is 1. The zero-order valence-electron chi connectivity index (χ0n) is 9.40. The first kappa shape index (κ1) is 14.4. The number of amides is 1. The van der Waals surface area contributed by atoms with Crippen LogP contribution in [0, 0.1) is 0 Å². The average Bonchev–Trinajstić information content (AvgIpc) is 2.68. The van der Waals surface area contributed by atoms with Crippen molar-refractivity contribution in [2.24, 2.45) is 5.73 Å². The quantitative estimate of drug-likeness (QED) is 0.870. The molecule has 5 nitrogen and oxygen atoms in total. The second-order valence-corrected chi connectivity index (χ2v) is 4.72. The number of hydrogen-bond donors (Lipinski definition) is 2. The Kier molecular flexibility index (Phi) is 5.84. The van der Waals surface area contributed by atoms with E-state index in [1.165, 1.54) is 11.3 Å². The van der Waals surface area contributed by atoms with E-state index in [1.54, 1.807) is 0 Å². The van der Waals surface area contributed by atoms with Crippen molar-refractivity contribution in [1.82, 2.24) is 4.98 Å². The molecule has 1 aliphatic rings. The molecule has 1 aliphatic heterocycles. The molecule has 7 heteroatoms. The van der Waals surface area contributed by atoms with Crippen LogP contribution in [0.15, 0.2) is 0 Å². The van der Waals surface area contributed by atoms with Crippen LogP contribution < -0.4 is 11.1 Å². The summed E-state index contributed by atoms with van der Waals surface area (Å²) in [6.07, 6.45) is 2.00. The third-order valence-corrected chi connectivity index (χ3v) is 3.34. The van der Waals surface area contributed by atoms with Gasteiger partial charge in [-0.05, 0) is 13.0 Å². The van der Waals surface area contributed by atoms with Crippen molar-refractivity contribution < 1.29 is 9.53 Å². The first-order valence-electron chi connectivity index (χ1n) is 5.36. The lowest BCUT2D eigenvalue weighted by atomic mass is 10.2. The maximum absolute atomic E-state index is 11.5. The van der Waals surface area contributed by atoms with Crippen LogP contribution in [0.4, 0.5) is 5.13 Å².